The van der Waals surface area contributed by atoms with Crippen molar-refractivity contribution in [2.24, 2.45) is 5.41 Å². The summed E-state index contributed by atoms with van der Waals surface area (Å²) in [5.41, 5.74) is 3.59. The highest BCUT2D eigenvalue weighted by Crippen LogP contribution is 2.59. The van der Waals surface area contributed by atoms with Gasteiger partial charge < -0.3 is 24.0 Å². The molecule has 0 radical (unpaired) electrons. The number of hydrogen-bond donors (Lipinski definition) is 2. The van der Waals surface area contributed by atoms with Gasteiger partial charge in [-0.1, -0.05) is 71.2 Å². The molecule has 0 atom stereocenters. The summed E-state index contributed by atoms with van der Waals surface area (Å²) in [7, 11) is 0. The van der Waals surface area contributed by atoms with E-state index < -0.39 is 33.6 Å². The van der Waals surface area contributed by atoms with Crippen LogP contribution in [0.15, 0.2) is 60.2 Å². The molecular formula is C38H40Cl3F2N3O8. The van der Waals surface area contributed by atoms with Crippen LogP contribution in [-0.4, -0.2) is 89.8 Å². The number of halogens is 5. The maximum absolute atomic E-state index is 14.8. The molecule has 290 valence electrons. The first-order valence-electron chi connectivity index (χ1n) is 17.6. The maximum atomic E-state index is 14.8. The highest BCUT2D eigenvalue weighted by Gasteiger charge is 2.54. The predicted octanol–water partition coefficient (Wildman–Crippen LogP) is 8.14. The first-order chi connectivity index (χ1) is 26.0. The number of benzene rings is 3. The lowest BCUT2D eigenvalue weighted by Crippen LogP contribution is -2.46. The zero-order chi connectivity index (χ0) is 38.4. The molecule has 2 aliphatic carbocycles. The van der Waals surface area contributed by atoms with E-state index >= 15 is 0 Å². The van der Waals surface area contributed by atoms with Crippen molar-refractivity contribution < 1.29 is 47.8 Å². The third-order valence-electron chi connectivity index (χ3n) is 9.65. The van der Waals surface area contributed by atoms with Crippen LogP contribution in [0.1, 0.15) is 48.8 Å². The fourth-order valence-corrected chi connectivity index (χ4v) is 7.29. The number of carbonyl (C=O) groups is 2. The molecular weight excluding hydrogens is 771 g/mol. The normalized spacial score (nSPS) is 16.3. The van der Waals surface area contributed by atoms with Gasteiger partial charge in [0, 0.05) is 30.1 Å². The molecule has 2 N–H and O–H groups in total. The molecule has 11 nitrogen and oxygen atoms in total. The summed E-state index contributed by atoms with van der Waals surface area (Å²) in [6, 6.07) is 15.2. The van der Waals surface area contributed by atoms with E-state index in [1.54, 1.807) is 17.0 Å². The molecule has 54 heavy (non-hydrogen) atoms. The van der Waals surface area contributed by atoms with Gasteiger partial charge in [0.15, 0.2) is 11.6 Å². The minimum absolute atomic E-state index is 0.0176. The Morgan fingerprint density at radius 2 is 1.61 bits per heavy atom. The molecule has 0 aromatic heterocycles. The van der Waals surface area contributed by atoms with Crippen LogP contribution in [0.3, 0.4) is 0 Å². The number of hydrogen-bond acceptors (Lipinski definition) is 9. The van der Waals surface area contributed by atoms with E-state index in [9.17, 15) is 18.4 Å². The van der Waals surface area contributed by atoms with Gasteiger partial charge in [-0.3, -0.25) is 15.2 Å². The van der Waals surface area contributed by atoms with E-state index in [1.165, 1.54) is 0 Å². The molecule has 0 unspecified atom stereocenters. The maximum Gasteiger partial charge on any atom is 0.410 e. The van der Waals surface area contributed by atoms with Crippen molar-refractivity contribution in [1.29, 1.82) is 0 Å². The number of aryl methyl sites for hydroxylation is 1. The lowest BCUT2D eigenvalue weighted by atomic mass is 9.81. The van der Waals surface area contributed by atoms with Gasteiger partial charge in [0.25, 0.3) is 5.91 Å². The minimum Gasteiger partial charge on any atom is -0.489 e. The second-order valence-electron chi connectivity index (χ2n) is 13.5. The zero-order valence-electron chi connectivity index (χ0n) is 29.2. The Morgan fingerprint density at radius 1 is 0.889 bits per heavy atom. The summed E-state index contributed by atoms with van der Waals surface area (Å²) in [5, 5.41) is 17.2. The van der Waals surface area contributed by atoms with Crippen LogP contribution in [0, 0.1) is 17.0 Å². The number of amides is 2. The molecule has 1 aliphatic heterocycles. The van der Waals surface area contributed by atoms with Crippen molar-refractivity contribution >= 4 is 52.4 Å². The molecule has 3 aromatic rings. The fraction of sp³-hybridized carbons (Fsp3) is 0.421. The highest BCUT2D eigenvalue weighted by molar-refractivity contribution is 6.42. The molecule has 0 bridgehead atoms. The van der Waals surface area contributed by atoms with Gasteiger partial charge in [0.05, 0.1) is 48.4 Å². The van der Waals surface area contributed by atoms with E-state index in [0.717, 1.165) is 60.1 Å². The molecule has 3 aromatic carbocycles. The summed E-state index contributed by atoms with van der Waals surface area (Å²) in [4.78, 5) is 36.0. The van der Waals surface area contributed by atoms with E-state index in [2.05, 4.69) is 4.84 Å². The smallest absolute Gasteiger partial charge is 0.410 e. The lowest BCUT2D eigenvalue weighted by molar-refractivity contribution is -0.493. The number of rotatable bonds is 17. The first-order valence-corrected chi connectivity index (χ1v) is 18.7. The summed E-state index contributed by atoms with van der Waals surface area (Å²) >= 11 is 18.8. The van der Waals surface area contributed by atoms with Crippen LogP contribution < -0.4 is 4.74 Å². The monoisotopic (exact) mass is 809 g/mol. The Balaban J connectivity index is 1.20. The zero-order valence-corrected chi connectivity index (χ0v) is 31.5. The van der Waals surface area contributed by atoms with Crippen molar-refractivity contribution in [1.82, 2.24) is 15.2 Å². The first kappa shape index (κ1) is 40.1. The van der Waals surface area contributed by atoms with E-state index in [0.29, 0.717) is 35.0 Å². The molecule has 0 saturated heterocycles. The SMILES string of the molecule is O=C(OCCOCCON(O)O)N1CC(C(=O)N(Cc2cccc(Cl)c2Cl)C2CC2)=C(c2ccc(CCCOc3c(F)ccc(F)c3Cl)cc2)C2(CC2)C1. The molecule has 2 fully saturated rings. The van der Waals surface area contributed by atoms with Crippen LogP contribution in [0.4, 0.5) is 13.6 Å². The van der Waals surface area contributed by atoms with Crippen molar-refractivity contribution in [2.75, 3.05) is 46.1 Å². The third kappa shape index (κ3) is 9.82. The summed E-state index contributed by atoms with van der Waals surface area (Å²) in [5.74, 6) is -1.98. The van der Waals surface area contributed by atoms with Gasteiger partial charge in [-0.15, -0.1) is 0 Å². The van der Waals surface area contributed by atoms with Gasteiger partial charge >= 0.3 is 6.09 Å². The number of carbonyl (C=O) groups excluding carboxylic acids is 2. The Labute approximate surface area is 326 Å². The van der Waals surface area contributed by atoms with Crippen LogP contribution in [0.5, 0.6) is 5.75 Å². The van der Waals surface area contributed by atoms with Gasteiger partial charge in [-0.2, -0.15) is 0 Å². The van der Waals surface area contributed by atoms with Crippen molar-refractivity contribution in [2.45, 2.75) is 51.1 Å². The van der Waals surface area contributed by atoms with Crippen LogP contribution in [-0.2, 0) is 32.1 Å². The minimum atomic E-state index is -0.756. The quantitative estimate of drug-likeness (QED) is 0.0791. The van der Waals surface area contributed by atoms with E-state index in [-0.39, 0.29) is 63.8 Å². The number of nitrogens with zero attached hydrogens (tertiary/aromatic N) is 3. The van der Waals surface area contributed by atoms with Gasteiger partial charge in [-0.05, 0) is 79.0 Å². The largest absolute Gasteiger partial charge is 0.489 e. The summed E-state index contributed by atoms with van der Waals surface area (Å²) < 4.78 is 44.2. The molecule has 3 aliphatic rings. The predicted molar refractivity (Wildman–Crippen MR) is 195 cm³/mol. The Kier molecular flexibility index (Phi) is 13.3. The van der Waals surface area contributed by atoms with E-state index in [1.807, 2.05) is 35.2 Å². The van der Waals surface area contributed by atoms with Crippen LogP contribution >= 0.6 is 34.8 Å². The molecule has 2 amide bonds. The van der Waals surface area contributed by atoms with Crippen molar-refractivity contribution in [3.63, 3.8) is 0 Å². The second kappa shape index (κ2) is 17.9. The van der Waals surface area contributed by atoms with Crippen LogP contribution in [0.2, 0.25) is 15.1 Å². The third-order valence-corrected chi connectivity index (χ3v) is 10.9. The number of ether oxygens (including phenoxy) is 3. The molecule has 2 saturated carbocycles. The highest BCUT2D eigenvalue weighted by atomic mass is 35.5. The molecule has 1 spiro atoms. The molecule has 6 rings (SSSR count). The standard InChI is InChI=1S/C38H40Cl3F2N3O8/c39-29-5-1-4-26(33(29)40)21-45(27-10-11-27)36(47)28-22-44(37(48)53-19-17-51-18-20-54-46(49)50)23-38(14-15-38)32(28)25-8-6-24(7-9-25)3-2-16-52-35-31(43)13-12-30(42)34(35)41/h1,4-9,12-13,27,49-50H,2-3,10-11,14-23H2. The second-order valence-corrected chi connectivity index (χ2v) is 14.7. The average molecular weight is 811 g/mol. The van der Waals surface area contributed by atoms with Gasteiger partial charge in [0.1, 0.15) is 17.4 Å². The topological polar surface area (TPSA) is 121 Å². The Hall–Kier alpha value is -3.53. The van der Waals surface area contributed by atoms with E-state index in [4.69, 9.17) is 59.4 Å². The summed E-state index contributed by atoms with van der Waals surface area (Å²) in [6.45, 7) is 0.722. The van der Waals surface area contributed by atoms with Crippen molar-refractivity contribution in [3.8, 4) is 5.75 Å². The molecule has 16 heteroatoms. The van der Waals surface area contributed by atoms with Crippen LogP contribution in [0.25, 0.3) is 5.57 Å². The fourth-order valence-electron chi connectivity index (χ4n) is 6.70. The Bertz CT molecular complexity index is 1860. The summed E-state index contributed by atoms with van der Waals surface area (Å²) in [6.07, 6.45) is 3.79. The average Bonchev–Trinajstić information content (AvgIpc) is 4.11. The van der Waals surface area contributed by atoms with Crippen molar-refractivity contribution in [3.05, 3.63) is 104 Å². The van der Waals surface area contributed by atoms with Gasteiger partial charge in [0.2, 0.25) is 0 Å². The lowest BCUT2D eigenvalue weighted by Gasteiger charge is -2.38. The van der Waals surface area contributed by atoms with Gasteiger partial charge in [-0.25, -0.2) is 18.4 Å². The molecule has 1 heterocycles. The Morgan fingerprint density at radius 3 is 2.31 bits per heavy atom.